The van der Waals surface area contributed by atoms with Crippen molar-refractivity contribution in [3.05, 3.63) is 83.7 Å². The second kappa shape index (κ2) is 10.5. The number of amides is 1. The van der Waals surface area contributed by atoms with E-state index in [-0.39, 0.29) is 5.91 Å². The van der Waals surface area contributed by atoms with E-state index < -0.39 is 0 Å². The predicted molar refractivity (Wildman–Crippen MR) is 132 cm³/mol. The molecular weight excluding hydrogens is 446 g/mol. The maximum absolute atomic E-state index is 12.3. The predicted octanol–water partition coefficient (Wildman–Crippen LogP) is 4.74. The molecule has 2 aromatic heterocycles. The number of anilines is 1. The van der Waals surface area contributed by atoms with Crippen LogP contribution >= 0.6 is 0 Å². The van der Waals surface area contributed by atoms with Crippen molar-refractivity contribution in [1.29, 1.82) is 0 Å². The molecule has 2 aromatic carbocycles. The molecule has 0 unspecified atom stereocenters. The topological polar surface area (TPSA) is 100 Å². The first-order valence-electron chi connectivity index (χ1n) is 10.8. The highest BCUT2D eigenvalue weighted by molar-refractivity contribution is 6.02. The van der Waals surface area contributed by atoms with Crippen LogP contribution in [0.25, 0.3) is 11.9 Å². The van der Waals surface area contributed by atoms with E-state index in [0.29, 0.717) is 34.6 Å². The highest BCUT2D eigenvalue weighted by Gasteiger charge is 2.08. The third-order valence-corrected chi connectivity index (χ3v) is 5.03. The zero-order valence-corrected chi connectivity index (χ0v) is 19.9. The summed E-state index contributed by atoms with van der Waals surface area (Å²) in [5, 5.41) is 15.5. The number of nitrogens with zero attached hydrogens (tertiary/aromatic N) is 4. The third kappa shape index (κ3) is 5.83. The average molecular weight is 472 g/mol. The number of hydrogen-bond acceptors (Lipinski definition) is 7. The van der Waals surface area contributed by atoms with E-state index in [1.807, 2.05) is 26.0 Å². The van der Waals surface area contributed by atoms with Gasteiger partial charge in [0.2, 0.25) is 11.8 Å². The summed E-state index contributed by atoms with van der Waals surface area (Å²) in [5.74, 6) is 2.49. The Hall–Kier alpha value is -4.66. The second-order valence-corrected chi connectivity index (χ2v) is 7.63. The minimum atomic E-state index is -0.265. The molecule has 0 aliphatic carbocycles. The summed E-state index contributed by atoms with van der Waals surface area (Å²) < 4.78 is 18.0. The van der Waals surface area contributed by atoms with Crippen LogP contribution in [-0.2, 0) is 4.79 Å². The fourth-order valence-corrected chi connectivity index (χ4v) is 3.38. The van der Waals surface area contributed by atoms with Gasteiger partial charge in [0.1, 0.15) is 5.75 Å². The minimum absolute atomic E-state index is 0.265. The van der Waals surface area contributed by atoms with Crippen molar-refractivity contribution < 1.29 is 19.0 Å². The summed E-state index contributed by atoms with van der Waals surface area (Å²) in [5.41, 5.74) is 3.33. The van der Waals surface area contributed by atoms with Crippen LogP contribution in [0.5, 0.6) is 23.1 Å². The maximum atomic E-state index is 12.3. The first kappa shape index (κ1) is 23.5. The van der Waals surface area contributed by atoms with Crippen LogP contribution < -0.4 is 19.5 Å². The molecular formula is C26H25N5O4. The fraction of sp³-hybridized carbons (Fsp3) is 0.154. The van der Waals surface area contributed by atoms with Crippen molar-refractivity contribution in [2.45, 2.75) is 13.8 Å². The highest BCUT2D eigenvalue weighted by atomic mass is 16.5. The van der Waals surface area contributed by atoms with Gasteiger partial charge < -0.3 is 19.5 Å². The van der Waals surface area contributed by atoms with Gasteiger partial charge >= 0.3 is 0 Å². The lowest BCUT2D eigenvalue weighted by Gasteiger charge is -2.08. The molecule has 1 N–H and O–H groups in total. The van der Waals surface area contributed by atoms with Gasteiger partial charge in [-0.1, -0.05) is 6.07 Å². The van der Waals surface area contributed by atoms with Crippen molar-refractivity contribution in [3.8, 4) is 28.9 Å². The second-order valence-electron chi connectivity index (χ2n) is 7.63. The monoisotopic (exact) mass is 471 g/mol. The maximum Gasteiger partial charge on any atom is 0.248 e. The zero-order valence-electron chi connectivity index (χ0n) is 19.9. The van der Waals surface area contributed by atoms with Gasteiger partial charge in [-0.25, -0.2) is 4.68 Å². The molecule has 0 spiro atoms. The van der Waals surface area contributed by atoms with E-state index in [1.54, 1.807) is 73.5 Å². The largest absolute Gasteiger partial charge is 0.493 e. The van der Waals surface area contributed by atoms with E-state index in [0.717, 1.165) is 17.0 Å². The Bertz CT molecular complexity index is 1350. The molecule has 0 atom stereocenters. The van der Waals surface area contributed by atoms with Crippen LogP contribution in [0.15, 0.2) is 66.7 Å². The van der Waals surface area contributed by atoms with E-state index in [1.165, 1.54) is 6.08 Å². The number of ether oxygens (including phenoxy) is 3. The number of aryl methyl sites for hydroxylation is 2. The van der Waals surface area contributed by atoms with Crippen molar-refractivity contribution >= 4 is 17.7 Å². The molecule has 0 saturated heterocycles. The van der Waals surface area contributed by atoms with Gasteiger partial charge in [0.25, 0.3) is 0 Å². The summed E-state index contributed by atoms with van der Waals surface area (Å²) in [4.78, 5) is 12.3. The molecule has 0 aliphatic heterocycles. The Balaban J connectivity index is 1.34. The lowest BCUT2D eigenvalue weighted by Crippen LogP contribution is -2.07. The smallest absolute Gasteiger partial charge is 0.248 e. The number of rotatable bonds is 8. The minimum Gasteiger partial charge on any atom is -0.493 e. The van der Waals surface area contributed by atoms with E-state index in [4.69, 9.17) is 14.2 Å². The number of hydrogen-bond donors (Lipinski definition) is 1. The molecule has 9 nitrogen and oxygen atoms in total. The molecule has 1 amide bonds. The molecule has 4 rings (SSSR count). The highest BCUT2D eigenvalue weighted by Crippen LogP contribution is 2.28. The summed E-state index contributed by atoms with van der Waals surface area (Å²) in [6, 6.07) is 17.9. The number of carbonyl (C=O) groups excluding carboxylic acids is 1. The number of carbonyl (C=O) groups is 1. The third-order valence-electron chi connectivity index (χ3n) is 5.03. The van der Waals surface area contributed by atoms with Crippen molar-refractivity contribution in [3.63, 3.8) is 0 Å². The lowest BCUT2D eigenvalue weighted by molar-refractivity contribution is -0.111. The molecule has 0 fully saturated rings. The van der Waals surface area contributed by atoms with E-state index in [2.05, 4.69) is 20.6 Å². The Morgan fingerprint density at radius 1 is 0.914 bits per heavy atom. The van der Waals surface area contributed by atoms with Crippen LogP contribution in [0.1, 0.15) is 17.0 Å². The van der Waals surface area contributed by atoms with Gasteiger partial charge in [-0.05, 0) is 74.0 Å². The molecule has 35 heavy (non-hydrogen) atoms. The Morgan fingerprint density at radius 3 is 2.31 bits per heavy atom. The quantitative estimate of drug-likeness (QED) is 0.371. The van der Waals surface area contributed by atoms with Crippen molar-refractivity contribution in [2.75, 3.05) is 19.5 Å². The van der Waals surface area contributed by atoms with Crippen molar-refractivity contribution in [2.24, 2.45) is 0 Å². The number of benzene rings is 2. The normalized spacial score (nSPS) is 10.9. The Kier molecular flexibility index (Phi) is 7.06. The zero-order chi connectivity index (χ0) is 24.8. The van der Waals surface area contributed by atoms with Gasteiger partial charge in [-0.3, -0.25) is 4.79 Å². The molecule has 4 aromatic rings. The summed E-state index contributed by atoms with van der Waals surface area (Å²) in [7, 11) is 3.14. The SMILES string of the molecule is COc1ccc(/C=C/C(=O)Nc2ccc(Oc3ccc(-n4nc(C)cc4C)nn3)cc2)cc1OC. The van der Waals surface area contributed by atoms with Crippen LogP contribution in [0, 0.1) is 13.8 Å². The first-order valence-corrected chi connectivity index (χ1v) is 10.8. The van der Waals surface area contributed by atoms with Crippen LogP contribution in [0.3, 0.4) is 0 Å². The van der Waals surface area contributed by atoms with Crippen LogP contribution in [0.2, 0.25) is 0 Å². The van der Waals surface area contributed by atoms with Crippen LogP contribution in [0.4, 0.5) is 5.69 Å². The molecule has 0 radical (unpaired) electrons. The van der Waals surface area contributed by atoms with E-state index in [9.17, 15) is 4.79 Å². The first-order chi connectivity index (χ1) is 16.9. The van der Waals surface area contributed by atoms with Gasteiger partial charge in [0.15, 0.2) is 17.3 Å². The number of aromatic nitrogens is 4. The number of nitrogens with one attached hydrogen (secondary N) is 1. The average Bonchev–Trinajstić information content (AvgIpc) is 3.21. The summed E-state index contributed by atoms with van der Waals surface area (Å²) >= 11 is 0. The number of methoxy groups -OCH3 is 2. The molecule has 0 bridgehead atoms. The van der Waals surface area contributed by atoms with Gasteiger partial charge in [0, 0.05) is 23.5 Å². The standard InChI is InChI=1S/C26H25N5O4/c1-17-15-18(2)31(30-17)24-12-14-26(29-28-24)35-21-9-7-20(8-10-21)27-25(32)13-6-19-5-11-22(33-3)23(16-19)34-4/h5-16H,1-4H3,(H,27,32)/b13-6+. The van der Waals surface area contributed by atoms with Gasteiger partial charge in [0.05, 0.1) is 19.9 Å². The van der Waals surface area contributed by atoms with Gasteiger partial charge in [-0.15, -0.1) is 10.2 Å². The summed E-state index contributed by atoms with van der Waals surface area (Å²) in [6.07, 6.45) is 3.15. The fourth-order valence-electron chi connectivity index (χ4n) is 3.38. The lowest BCUT2D eigenvalue weighted by atomic mass is 10.2. The van der Waals surface area contributed by atoms with Crippen LogP contribution in [-0.4, -0.2) is 40.1 Å². The Morgan fingerprint density at radius 2 is 1.69 bits per heavy atom. The van der Waals surface area contributed by atoms with Crippen molar-refractivity contribution in [1.82, 2.24) is 20.0 Å². The molecule has 0 aliphatic rings. The Labute approximate surface area is 203 Å². The van der Waals surface area contributed by atoms with Gasteiger partial charge in [-0.2, -0.15) is 5.10 Å². The molecule has 9 heteroatoms. The summed E-state index contributed by atoms with van der Waals surface area (Å²) in [6.45, 7) is 3.88. The van der Waals surface area contributed by atoms with E-state index >= 15 is 0 Å². The molecule has 2 heterocycles. The molecule has 0 saturated carbocycles. The molecule has 178 valence electrons.